The average molecular weight is 615 g/mol. The van der Waals surface area contributed by atoms with Crippen molar-refractivity contribution in [2.75, 3.05) is 23.0 Å². The molecule has 2 saturated heterocycles. The molecule has 9 rings (SSSR count). The number of nitrogens with zero attached hydrogens (tertiary/aromatic N) is 2. The smallest absolute Gasteiger partial charge is 0.238 e. The quantitative estimate of drug-likeness (QED) is 0.251. The van der Waals surface area contributed by atoms with Crippen molar-refractivity contribution < 1.29 is 28.7 Å². The molecule has 0 unspecified atom stereocenters. The number of fused-ring (bicyclic) bond motifs is 1. The molecule has 2 heterocycles. The summed E-state index contributed by atoms with van der Waals surface area (Å²) in [5.74, 6) is -3.07. The summed E-state index contributed by atoms with van der Waals surface area (Å²) in [4.78, 5) is 59.7. The molecule has 4 amide bonds. The lowest BCUT2D eigenvalue weighted by Gasteiger charge is -2.51. The second-order valence-electron chi connectivity index (χ2n) is 12.6. The molecule has 7 atom stereocenters. The number of anilines is 2. The Kier molecular flexibility index (Phi) is 6.71. The van der Waals surface area contributed by atoms with Gasteiger partial charge < -0.3 is 9.47 Å². The van der Waals surface area contributed by atoms with Crippen LogP contribution in [-0.4, -0.2) is 36.8 Å². The first-order valence-electron chi connectivity index (χ1n) is 16.1. The summed E-state index contributed by atoms with van der Waals surface area (Å²) in [6.07, 6.45) is 4.51. The molecule has 3 fully saturated rings. The Balaban J connectivity index is 1.22. The van der Waals surface area contributed by atoms with Gasteiger partial charge in [-0.3, -0.25) is 29.0 Å². The van der Waals surface area contributed by atoms with E-state index in [1.165, 1.54) is 9.80 Å². The molecule has 4 aliphatic carbocycles. The van der Waals surface area contributed by atoms with Crippen LogP contribution in [0, 0.1) is 41.4 Å². The van der Waals surface area contributed by atoms with E-state index < -0.39 is 29.6 Å². The van der Waals surface area contributed by atoms with E-state index in [0.29, 0.717) is 42.5 Å². The van der Waals surface area contributed by atoms with Crippen LogP contribution in [0.5, 0.6) is 11.5 Å². The van der Waals surface area contributed by atoms with Crippen LogP contribution < -0.4 is 19.3 Å². The summed E-state index contributed by atoms with van der Waals surface area (Å²) in [6, 6.07) is 24.0. The summed E-state index contributed by atoms with van der Waals surface area (Å²) in [5.41, 5.74) is 4.06. The molecule has 46 heavy (non-hydrogen) atoms. The highest BCUT2D eigenvalue weighted by Gasteiger charge is 2.67. The number of hydrogen-bond acceptors (Lipinski definition) is 6. The normalized spacial score (nSPS) is 29.3. The summed E-state index contributed by atoms with van der Waals surface area (Å²) in [6.45, 7) is 4.83. The van der Waals surface area contributed by atoms with Gasteiger partial charge in [0.1, 0.15) is 11.5 Å². The zero-order chi connectivity index (χ0) is 31.7. The highest BCUT2D eigenvalue weighted by Crippen LogP contribution is 2.63. The van der Waals surface area contributed by atoms with Crippen molar-refractivity contribution in [1.82, 2.24) is 0 Å². The van der Waals surface area contributed by atoms with Crippen molar-refractivity contribution in [3.63, 3.8) is 0 Å². The van der Waals surface area contributed by atoms with Gasteiger partial charge >= 0.3 is 0 Å². The number of carbonyl (C=O) groups is 4. The van der Waals surface area contributed by atoms with E-state index in [-0.39, 0.29) is 35.5 Å². The Morgan fingerprint density at radius 3 is 1.74 bits per heavy atom. The maximum atomic E-state index is 14.4. The van der Waals surface area contributed by atoms with E-state index in [1.807, 2.05) is 50.3 Å². The molecular weight excluding hydrogens is 580 g/mol. The molecule has 0 aromatic heterocycles. The number of rotatable bonds is 7. The van der Waals surface area contributed by atoms with Gasteiger partial charge in [0.15, 0.2) is 0 Å². The zero-order valence-electron chi connectivity index (χ0n) is 25.7. The van der Waals surface area contributed by atoms with Crippen LogP contribution in [0.4, 0.5) is 11.4 Å². The van der Waals surface area contributed by atoms with Gasteiger partial charge in [-0.05, 0) is 85.9 Å². The average Bonchev–Trinajstić information content (AvgIpc) is 3.51. The molecule has 3 aromatic rings. The minimum Gasteiger partial charge on any atom is -0.494 e. The van der Waals surface area contributed by atoms with Gasteiger partial charge in [-0.15, -0.1) is 0 Å². The number of hydrogen-bond donors (Lipinski definition) is 0. The Morgan fingerprint density at radius 2 is 1.15 bits per heavy atom. The first kappa shape index (κ1) is 28.5. The van der Waals surface area contributed by atoms with Crippen molar-refractivity contribution in [1.29, 1.82) is 0 Å². The van der Waals surface area contributed by atoms with Gasteiger partial charge in [-0.2, -0.15) is 0 Å². The number of benzene rings is 3. The van der Waals surface area contributed by atoms with Crippen molar-refractivity contribution in [2.45, 2.75) is 20.3 Å². The molecule has 8 nitrogen and oxygen atoms in total. The number of amides is 4. The van der Waals surface area contributed by atoms with E-state index in [2.05, 4.69) is 6.08 Å². The van der Waals surface area contributed by atoms with Crippen molar-refractivity contribution in [3.05, 3.63) is 102 Å². The predicted octanol–water partition coefficient (Wildman–Crippen LogP) is 5.68. The van der Waals surface area contributed by atoms with Gasteiger partial charge in [-0.1, -0.05) is 48.1 Å². The number of imide groups is 2. The monoisotopic (exact) mass is 614 g/mol. The minimum absolute atomic E-state index is 0.219. The van der Waals surface area contributed by atoms with Crippen molar-refractivity contribution in [2.24, 2.45) is 41.4 Å². The minimum atomic E-state index is -0.623. The third-order valence-electron chi connectivity index (χ3n) is 10.4. The summed E-state index contributed by atoms with van der Waals surface area (Å²) in [5, 5.41) is 0. The van der Waals surface area contributed by atoms with Crippen molar-refractivity contribution in [3.8, 4) is 11.5 Å². The highest BCUT2D eigenvalue weighted by molar-refractivity contribution is 6.24. The van der Waals surface area contributed by atoms with E-state index >= 15 is 0 Å². The van der Waals surface area contributed by atoms with Crippen LogP contribution in [0.1, 0.15) is 25.8 Å². The zero-order valence-corrected chi connectivity index (χ0v) is 25.7. The van der Waals surface area contributed by atoms with Gasteiger partial charge in [0.25, 0.3) is 0 Å². The lowest BCUT2D eigenvalue weighted by molar-refractivity contribution is -0.129. The standard InChI is InChI=1S/C38H34N2O6/c1-3-45-24-14-10-22(11-15-24)39-35(41)29-20-28(21-8-6-5-7-9-21)30-26-18-19-27(31(30)34(29)38(39)44)33-32(26)36(42)40(37(33)43)23-12-16-25(17-13-23)46-4-2/h5-19,26-27,29,31-34H,3-4,20H2,1-2H3/t26-,27-,29+,31-,32+,33+,34+/m0/s1. The summed E-state index contributed by atoms with van der Waals surface area (Å²) < 4.78 is 11.2. The maximum absolute atomic E-state index is 14.4. The van der Waals surface area contributed by atoms with E-state index in [4.69, 9.17) is 9.47 Å². The van der Waals surface area contributed by atoms with E-state index in [0.717, 1.165) is 16.7 Å². The Hall–Kier alpha value is -4.98. The molecule has 3 aromatic carbocycles. The molecule has 2 aliphatic heterocycles. The Labute approximate surface area is 267 Å². The maximum Gasteiger partial charge on any atom is 0.238 e. The fourth-order valence-electron chi connectivity index (χ4n) is 8.74. The molecule has 0 N–H and O–H groups in total. The van der Waals surface area contributed by atoms with Crippen LogP contribution in [0.15, 0.2) is 96.6 Å². The fourth-order valence-corrected chi connectivity index (χ4v) is 8.74. The topological polar surface area (TPSA) is 93.2 Å². The van der Waals surface area contributed by atoms with Gasteiger partial charge in [0.2, 0.25) is 23.6 Å². The van der Waals surface area contributed by atoms with Crippen LogP contribution in [-0.2, 0) is 19.2 Å². The third-order valence-corrected chi connectivity index (χ3v) is 10.4. The van der Waals surface area contributed by atoms with Crippen LogP contribution >= 0.6 is 0 Å². The molecular formula is C38H34N2O6. The second-order valence-corrected chi connectivity index (χ2v) is 12.6. The molecule has 6 aliphatic rings. The van der Waals surface area contributed by atoms with Crippen LogP contribution in [0.3, 0.4) is 0 Å². The number of allylic oxidation sites excluding steroid dienone is 4. The van der Waals surface area contributed by atoms with Crippen LogP contribution in [0.25, 0.3) is 5.57 Å². The molecule has 1 saturated carbocycles. The third kappa shape index (κ3) is 4.05. The Bertz CT molecular complexity index is 1810. The molecule has 232 valence electrons. The summed E-state index contributed by atoms with van der Waals surface area (Å²) in [7, 11) is 0. The molecule has 8 heteroatoms. The largest absolute Gasteiger partial charge is 0.494 e. The molecule has 2 bridgehead atoms. The van der Waals surface area contributed by atoms with Gasteiger partial charge in [0, 0.05) is 11.8 Å². The lowest BCUT2D eigenvalue weighted by atomic mass is 9.49. The first-order valence-corrected chi connectivity index (χ1v) is 16.1. The SMILES string of the molecule is CCOc1ccc(N2C(=O)[C@@H]3[C@H]4C=C[C@@H](C5=C(c6ccccc6)C[C@H]6C(=O)N(c7ccc(OCC)cc7)C(=O)[C@H]6[C@H]54)[C@H]3C2=O)cc1. The van der Waals surface area contributed by atoms with Gasteiger partial charge in [0.05, 0.1) is 48.3 Å². The number of carbonyl (C=O) groups excluding carboxylic acids is 4. The first-order chi connectivity index (χ1) is 22.4. The molecule has 0 radical (unpaired) electrons. The van der Waals surface area contributed by atoms with E-state index in [1.54, 1.807) is 48.5 Å². The second kappa shape index (κ2) is 10.8. The highest BCUT2D eigenvalue weighted by atomic mass is 16.5. The fraction of sp³-hybridized carbons (Fsp3) is 0.316. The molecule has 0 spiro atoms. The number of ether oxygens (including phenoxy) is 2. The van der Waals surface area contributed by atoms with Crippen LogP contribution in [0.2, 0.25) is 0 Å². The predicted molar refractivity (Wildman–Crippen MR) is 172 cm³/mol. The Morgan fingerprint density at radius 1 is 0.609 bits per heavy atom. The summed E-state index contributed by atoms with van der Waals surface area (Å²) >= 11 is 0. The van der Waals surface area contributed by atoms with Gasteiger partial charge in [-0.25, -0.2) is 0 Å². The van der Waals surface area contributed by atoms with E-state index in [9.17, 15) is 19.2 Å². The van der Waals surface area contributed by atoms with Crippen molar-refractivity contribution >= 4 is 40.6 Å². The lowest BCUT2D eigenvalue weighted by Crippen LogP contribution is -2.51.